The van der Waals surface area contributed by atoms with Gasteiger partial charge in [0.15, 0.2) is 11.5 Å². The lowest BCUT2D eigenvalue weighted by Crippen LogP contribution is -2.20. The molecule has 1 aliphatic rings. The van der Waals surface area contributed by atoms with Crippen molar-refractivity contribution in [2.45, 2.75) is 18.9 Å². The van der Waals surface area contributed by atoms with Crippen LogP contribution >= 0.6 is 0 Å². The van der Waals surface area contributed by atoms with Crippen LogP contribution in [0.2, 0.25) is 0 Å². The molecule has 27 heavy (non-hydrogen) atoms. The fraction of sp³-hybridized carbons (Fsp3) is 0.238. The summed E-state index contributed by atoms with van der Waals surface area (Å²) in [7, 11) is 0. The normalized spacial score (nSPS) is 17.6. The molecular weight excluding hydrogens is 336 g/mol. The highest BCUT2D eigenvalue weighted by Gasteiger charge is 2.27. The van der Waals surface area contributed by atoms with Gasteiger partial charge >= 0.3 is 0 Å². The first-order valence-electron chi connectivity index (χ1n) is 9.23. The van der Waals surface area contributed by atoms with Crippen LogP contribution in [0.1, 0.15) is 23.7 Å². The van der Waals surface area contributed by atoms with Crippen LogP contribution in [0, 0.1) is 0 Å². The fourth-order valence-corrected chi connectivity index (χ4v) is 3.73. The third-order valence-electron chi connectivity index (χ3n) is 5.13. The van der Waals surface area contributed by atoms with Gasteiger partial charge in [0.05, 0.1) is 0 Å². The average molecular weight is 356 g/mol. The first-order valence-corrected chi connectivity index (χ1v) is 9.23. The molecule has 0 saturated carbocycles. The summed E-state index contributed by atoms with van der Waals surface area (Å²) in [6.45, 7) is 2.99. The van der Waals surface area contributed by atoms with Gasteiger partial charge in [-0.05, 0) is 54.4 Å². The van der Waals surface area contributed by atoms with Crippen molar-refractivity contribution in [2.75, 3.05) is 13.1 Å². The smallest absolute Gasteiger partial charge is 0.156 e. The van der Waals surface area contributed by atoms with Crippen LogP contribution in [-0.2, 0) is 6.54 Å². The molecule has 6 heteroatoms. The molecule has 4 aromatic heterocycles. The number of nitrogens with zero attached hydrogens (tertiary/aromatic N) is 6. The minimum Gasteiger partial charge on any atom is -0.298 e. The molecule has 0 spiro atoms. The van der Waals surface area contributed by atoms with Crippen molar-refractivity contribution in [3.63, 3.8) is 0 Å². The van der Waals surface area contributed by atoms with Crippen molar-refractivity contribution in [1.29, 1.82) is 0 Å². The Balaban J connectivity index is 1.35. The summed E-state index contributed by atoms with van der Waals surface area (Å²) >= 11 is 0. The summed E-state index contributed by atoms with van der Waals surface area (Å²) in [4.78, 5) is 15.5. The van der Waals surface area contributed by atoms with E-state index in [2.05, 4.69) is 27.0 Å². The first kappa shape index (κ1) is 16.1. The van der Waals surface area contributed by atoms with E-state index in [9.17, 15) is 0 Å². The monoisotopic (exact) mass is 356 g/mol. The largest absolute Gasteiger partial charge is 0.298 e. The van der Waals surface area contributed by atoms with E-state index in [0.717, 1.165) is 48.7 Å². The van der Waals surface area contributed by atoms with Gasteiger partial charge in [0.1, 0.15) is 0 Å². The number of hydrogen-bond donors (Lipinski definition) is 0. The minimum atomic E-state index is 0.381. The maximum absolute atomic E-state index is 4.77. The van der Waals surface area contributed by atoms with Crippen molar-refractivity contribution in [3.8, 4) is 11.1 Å². The summed E-state index contributed by atoms with van der Waals surface area (Å²) < 4.78 is 1.90. The first-order chi connectivity index (χ1) is 13.3. The third kappa shape index (κ3) is 3.31. The zero-order chi connectivity index (χ0) is 18.1. The standard InChI is InChI=1S/C21H20N6/c1-2-16(12-23-8-1)13-26-11-7-19(14-26)21-24-20-4-3-18(15-27(20)25-21)17-5-9-22-10-6-17/h1-6,8-10,12,15,19H,7,11,13-14H2. The molecule has 0 bridgehead atoms. The summed E-state index contributed by atoms with van der Waals surface area (Å²) in [5, 5.41) is 4.77. The molecule has 5 rings (SSSR count). The van der Waals surface area contributed by atoms with E-state index in [1.807, 2.05) is 59.8 Å². The Kier molecular flexibility index (Phi) is 4.10. The lowest BCUT2D eigenvalue weighted by Gasteiger charge is -2.14. The molecule has 4 aromatic rings. The van der Waals surface area contributed by atoms with E-state index in [-0.39, 0.29) is 0 Å². The molecule has 1 aliphatic heterocycles. The predicted octanol–water partition coefficient (Wildman–Crippen LogP) is 3.18. The molecule has 1 atom stereocenters. The Hall–Kier alpha value is -3.12. The van der Waals surface area contributed by atoms with Crippen LogP contribution in [0.4, 0.5) is 0 Å². The molecule has 1 unspecified atom stereocenters. The molecule has 0 N–H and O–H groups in total. The number of fused-ring (bicyclic) bond motifs is 1. The number of hydrogen-bond acceptors (Lipinski definition) is 5. The molecule has 0 aliphatic carbocycles. The molecule has 134 valence electrons. The summed E-state index contributed by atoms with van der Waals surface area (Å²) in [6.07, 6.45) is 10.5. The molecule has 0 amide bonds. The second-order valence-corrected chi connectivity index (χ2v) is 7.01. The van der Waals surface area contributed by atoms with Crippen LogP contribution in [0.25, 0.3) is 16.8 Å². The van der Waals surface area contributed by atoms with Gasteiger partial charge < -0.3 is 0 Å². The Morgan fingerprint density at radius 3 is 2.74 bits per heavy atom. The van der Waals surface area contributed by atoms with Gasteiger partial charge in [0.25, 0.3) is 0 Å². The molecule has 0 aromatic carbocycles. The van der Waals surface area contributed by atoms with Crippen LogP contribution in [-0.4, -0.2) is 42.6 Å². The van der Waals surface area contributed by atoms with Crippen LogP contribution < -0.4 is 0 Å². The van der Waals surface area contributed by atoms with Gasteiger partial charge in [-0.2, -0.15) is 5.10 Å². The van der Waals surface area contributed by atoms with Crippen molar-refractivity contribution >= 4 is 5.65 Å². The number of likely N-dealkylation sites (tertiary alicyclic amines) is 1. The van der Waals surface area contributed by atoms with Gasteiger partial charge in [0, 0.05) is 55.6 Å². The van der Waals surface area contributed by atoms with Gasteiger partial charge in [-0.1, -0.05) is 6.07 Å². The Morgan fingerprint density at radius 1 is 0.963 bits per heavy atom. The number of aromatic nitrogens is 5. The second-order valence-electron chi connectivity index (χ2n) is 7.01. The zero-order valence-corrected chi connectivity index (χ0v) is 14.9. The van der Waals surface area contributed by atoms with Crippen molar-refractivity contribution in [3.05, 3.63) is 78.8 Å². The van der Waals surface area contributed by atoms with E-state index < -0.39 is 0 Å². The van der Waals surface area contributed by atoms with Gasteiger partial charge in [0.2, 0.25) is 0 Å². The fourth-order valence-electron chi connectivity index (χ4n) is 3.73. The lowest BCUT2D eigenvalue weighted by molar-refractivity contribution is 0.325. The maximum Gasteiger partial charge on any atom is 0.156 e. The Bertz CT molecular complexity index is 1040. The Labute approximate surface area is 157 Å². The Morgan fingerprint density at radius 2 is 1.89 bits per heavy atom. The summed E-state index contributed by atoms with van der Waals surface area (Å²) in [6, 6.07) is 12.3. The SMILES string of the molecule is c1cncc(CN2CCC(c3nc4ccc(-c5ccncc5)cn4n3)C2)c1. The van der Waals surface area contributed by atoms with Gasteiger partial charge in [-0.15, -0.1) is 0 Å². The third-order valence-corrected chi connectivity index (χ3v) is 5.13. The number of rotatable bonds is 4. The van der Waals surface area contributed by atoms with E-state index in [4.69, 9.17) is 10.1 Å². The molecule has 6 nitrogen and oxygen atoms in total. The predicted molar refractivity (Wildman–Crippen MR) is 103 cm³/mol. The highest BCUT2D eigenvalue weighted by atomic mass is 15.3. The van der Waals surface area contributed by atoms with E-state index >= 15 is 0 Å². The van der Waals surface area contributed by atoms with Crippen molar-refractivity contribution < 1.29 is 0 Å². The van der Waals surface area contributed by atoms with Crippen LogP contribution in [0.5, 0.6) is 0 Å². The summed E-state index contributed by atoms with van der Waals surface area (Å²) in [5.41, 5.74) is 4.40. The topological polar surface area (TPSA) is 59.2 Å². The van der Waals surface area contributed by atoms with Gasteiger partial charge in [-0.25, -0.2) is 9.50 Å². The van der Waals surface area contributed by atoms with E-state index in [0.29, 0.717) is 5.92 Å². The van der Waals surface area contributed by atoms with Gasteiger partial charge in [-0.3, -0.25) is 14.9 Å². The van der Waals surface area contributed by atoms with E-state index in [1.165, 1.54) is 5.56 Å². The molecule has 1 saturated heterocycles. The second kappa shape index (κ2) is 6.89. The zero-order valence-electron chi connectivity index (χ0n) is 14.9. The molecular formula is C21H20N6. The minimum absolute atomic E-state index is 0.381. The highest BCUT2D eigenvalue weighted by Crippen LogP contribution is 2.27. The van der Waals surface area contributed by atoms with Crippen molar-refractivity contribution in [2.24, 2.45) is 0 Å². The molecule has 0 radical (unpaired) electrons. The van der Waals surface area contributed by atoms with Crippen LogP contribution in [0.3, 0.4) is 0 Å². The van der Waals surface area contributed by atoms with Crippen LogP contribution in [0.15, 0.2) is 67.4 Å². The highest BCUT2D eigenvalue weighted by molar-refractivity contribution is 5.63. The maximum atomic E-state index is 4.77. The quantitative estimate of drug-likeness (QED) is 0.562. The average Bonchev–Trinajstić information content (AvgIpc) is 3.35. The molecule has 1 fully saturated rings. The number of pyridine rings is 3. The summed E-state index contributed by atoms with van der Waals surface area (Å²) in [5.74, 6) is 1.32. The van der Waals surface area contributed by atoms with E-state index in [1.54, 1.807) is 0 Å². The lowest BCUT2D eigenvalue weighted by atomic mass is 10.1. The van der Waals surface area contributed by atoms with Crippen molar-refractivity contribution in [1.82, 2.24) is 29.5 Å². The molecule has 5 heterocycles.